The second kappa shape index (κ2) is 6.73. The van der Waals surface area contributed by atoms with E-state index in [-0.39, 0.29) is 11.3 Å². The first-order valence-corrected chi connectivity index (χ1v) is 6.72. The van der Waals surface area contributed by atoms with Crippen LogP contribution < -0.4 is 5.32 Å². The van der Waals surface area contributed by atoms with E-state index in [9.17, 15) is 25.0 Å². The Balaban J connectivity index is 2.62. The van der Waals surface area contributed by atoms with Crippen LogP contribution in [0, 0.1) is 27.2 Å². The van der Waals surface area contributed by atoms with Gasteiger partial charge in [0.2, 0.25) is 0 Å². The Bertz CT molecular complexity index is 781. The number of hydrogen-bond donors (Lipinski definition) is 1. The quantitative estimate of drug-likeness (QED) is 0.506. The Morgan fingerprint density at radius 3 is 1.96 bits per heavy atom. The number of rotatable bonds is 5. The number of aryl methyl sites for hydroxylation is 1. The third-order valence-electron chi connectivity index (χ3n) is 3.23. The molecule has 0 aliphatic heterocycles. The van der Waals surface area contributed by atoms with Crippen LogP contribution in [0.1, 0.15) is 15.9 Å². The van der Waals surface area contributed by atoms with Crippen molar-refractivity contribution in [1.29, 1.82) is 0 Å². The second-order valence-electron chi connectivity index (χ2n) is 4.89. The average Bonchev–Trinajstić information content (AvgIpc) is 2.55. The van der Waals surface area contributed by atoms with Gasteiger partial charge in [0.05, 0.1) is 22.5 Å². The van der Waals surface area contributed by atoms with E-state index in [1.54, 1.807) is 24.3 Å². The van der Waals surface area contributed by atoms with Crippen LogP contribution in [0.4, 0.5) is 22.7 Å². The fourth-order valence-electron chi connectivity index (χ4n) is 2.04. The molecular formula is C15H13N3O6. The molecule has 0 fully saturated rings. The molecule has 124 valence electrons. The van der Waals surface area contributed by atoms with Crippen molar-refractivity contribution in [3.8, 4) is 0 Å². The Morgan fingerprint density at radius 1 is 1.04 bits per heavy atom. The van der Waals surface area contributed by atoms with Gasteiger partial charge < -0.3 is 10.1 Å². The lowest BCUT2D eigenvalue weighted by Crippen LogP contribution is -2.07. The van der Waals surface area contributed by atoms with Gasteiger partial charge in [-0.1, -0.05) is 17.7 Å². The van der Waals surface area contributed by atoms with Gasteiger partial charge in [0.25, 0.3) is 0 Å². The van der Waals surface area contributed by atoms with Crippen molar-refractivity contribution in [2.75, 3.05) is 12.4 Å². The molecule has 0 amide bonds. The molecule has 9 nitrogen and oxygen atoms in total. The number of hydrogen-bond acceptors (Lipinski definition) is 7. The monoisotopic (exact) mass is 331 g/mol. The lowest BCUT2D eigenvalue weighted by molar-refractivity contribution is -0.392. The normalized spacial score (nSPS) is 10.1. The molecule has 2 aromatic carbocycles. The van der Waals surface area contributed by atoms with E-state index in [2.05, 4.69) is 10.1 Å². The van der Waals surface area contributed by atoms with Crippen LogP contribution in [0.5, 0.6) is 0 Å². The molecule has 2 rings (SSSR count). The number of carbonyl (C=O) groups excluding carboxylic acids is 1. The van der Waals surface area contributed by atoms with Gasteiger partial charge >= 0.3 is 17.3 Å². The number of ether oxygens (including phenoxy) is 1. The van der Waals surface area contributed by atoms with Gasteiger partial charge in [-0.2, -0.15) is 0 Å². The molecule has 0 aliphatic carbocycles. The van der Waals surface area contributed by atoms with Crippen molar-refractivity contribution >= 4 is 28.7 Å². The number of methoxy groups -OCH3 is 1. The molecule has 2 aromatic rings. The number of nitro groups is 2. The van der Waals surface area contributed by atoms with Gasteiger partial charge in [0.15, 0.2) is 5.69 Å². The van der Waals surface area contributed by atoms with Gasteiger partial charge in [-0.05, 0) is 19.1 Å². The van der Waals surface area contributed by atoms with Gasteiger partial charge in [-0.25, -0.2) is 4.79 Å². The highest BCUT2D eigenvalue weighted by Gasteiger charge is 2.29. The molecule has 9 heteroatoms. The summed E-state index contributed by atoms with van der Waals surface area (Å²) in [5.41, 5.74) is -0.356. The van der Waals surface area contributed by atoms with Gasteiger partial charge in [0.1, 0.15) is 0 Å². The molecule has 0 aliphatic rings. The van der Waals surface area contributed by atoms with Crippen molar-refractivity contribution < 1.29 is 19.4 Å². The smallest absolute Gasteiger partial charge is 0.338 e. The Kier molecular flexibility index (Phi) is 4.73. The fraction of sp³-hybridized carbons (Fsp3) is 0.133. The topological polar surface area (TPSA) is 125 Å². The third kappa shape index (κ3) is 3.46. The number of nitro benzene ring substituents is 2. The molecule has 0 unspecified atom stereocenters. The summed E-state index contributed by atoms with van der Waals surface area (Å²) in [6, 6.07) is 8.66. The van der Waals surface area contributed by atoms with Gasteiger partial charge in [-0.3, -0.25) is 20.2 Å². The van der Waals surface area contributed by atoms with Crippen LogP contribution in [-0.4, -0.2) is 22.9 Å². The van der Waals surface area contributed by atoms with Crippen LogP contribution in [0.2, 0.25) is 0 Å². The molecule has 0 atom stereocenters. The summed E-state index contributed by atoms with van der Waals surface area (Å²) in [7, 11) is 1.08. The highest BCUT2D eigenvalue weighted by Crippen LogP contribution is 2.38. The molecule has 24 heavy (non-hydrogen) atoms. The largest absolute Gasteiger partial charge is 0.465 e. The molecule has 0 aromatic heterocycles. The zero-order chi connectivity index (χ0) is 17.9. The molecular weight excluding hydrogens is 318 g/mol. The number of esters is 1. The summed E-state index contributed by atoms with van der Waals surface area (Å²) < 4.78 is 4.47. The number of nitrogens with one attached hydrogen (secondary N) is 1. The van der Waals surface area contributed by atoms with E-state index >= 15 is 0 Å². The van der Waals surface area contributed by atoms with E-state index in [1.807, 2.05) is 6.92 Å². The van der Waals surface area contributed by atoms with Crippen LogP contribution in [-0.2, 0) is 4.74 Å². The first-order valence-electron chi connectivity index (χ1n) is 6.72. The Hall–Kier alpha value is -3.49. The minimum atomic E-state index is -0.900. The van der Waals surface area contributed by atoms with Crippen molar-refractivity contribution in [2.45, 2.75) is 6.92 Å². The van der Waals surface area contributed by atoms with E-state index in [4.69, 9.17) is 0 Å². The molecule has 0 saturated carbocycles. The van der Waals surface area contributed by atoms with Crippen LogP contribution in [0.25, 0.3) is 0 Å². The molecule has 1 N–H and O–H groups in total. The van der Waals surface area contributed by atoms with Crippen molar-refractivity contribution in [3.63, 3.8) is 0 Å². The predicted molar refractivity (Wildman–Crippen MR) is 85.6 cm³/mol. The standard InChI is InChI=1S/C15H13N3O6/c1-9-3-5-11(6-4-9)16-14-12(17(20)21)7-10(15(19)24-2)8-13(14)18(22)23/h3-8,16H,1-2H3. The molecule has 0 heterocycles. The van der Waals surface area contributed by atoms with Crippen LogP contribution >= 0.6 is 0 Å². The summed E-state index contributed by atoms with van der Waals surface area (Å²) in [5.74, 6) is -0.900. The SMILES string of the molecule is COC(=O)c1cc([N+](=O)[O-])c(Nc2ccc(C)cc2)c([N+](=O)[O-])c1. The van der Waals surface area contributed by atoms with Crippen molar-refractivity contribution in [3.05, 3.63) is 67.8 Å². The summed E-state index contributed by atoms with van der Waals surface area (Å²) in [6.07, 6.45) is 0. The van der Waals surface area contributed by atoms with Crippen LogP contribution in [0.3, 0.4) is 0 Å². The maximum atomic E-state index is 11.6. The first-order chi connectivity index (χ1) is 11.3. The zero-order valence-corrected chi connectivity index (χ0v) is 12.8. The summed E-state index contributed by atoms with van der Waals surface area (Å²) in [4.78, 5) is 32.6. The lowest BCUT2D eigenvalue weighted by Gasteiger charge is -2.09. The first kappa shape index (κ1) is 16.9. The minimum Gasteiger partial charge on any atom is -0.465 e. The van der Waals surface area contributed by atoms with E-state index in [1.165, 1.54) is 0 Å². The number of nitrogens with zero attached hydrogens (tertiary/aromatic N) is 2. The lowest BCUT2D eigenvalue weighted by atomic mass is 10.1. The van der Waals surface area contributed by atoms with Gasteiger partial charge in [0, 0.05) is 17.8 Å². The van der Waals surface area contributed by atoms with Crippen molar-refractivity contribution in [2.24, 2.45) is 0 Å². The maximum Gasteiger partial charge on any atom is 0.338 e. The average molecular weight is 331 g/mol. The summed E-state index contributed by atoms with van der Waals surface area (Å²) >= 11 is 0. The molecule has 0 saturated heterocycles. The minimum absolute atomic E-state index is 0.273. The zero-order valence-electron chi connectivity index (χ0n) is 12.8. The number of carbonyl (C=O) groups is 1. The summed E-state index contributed by atoms with van der Waals surface area (Å²) in [5, 5.41) is 25.3. The van der Waals surface area contributed by atoms with E-state index in [0.29, 0.717) is 5.69 Å². The number of benzene rings is 2. The highest BCUT2D eigenvalue weighted by atomic mass is 16.6. The third-order valence-corrected chi connectivity index (χ3v) is 3.23. The molecule has 0 spiro atoms. The molecule has 0 radical (unpaired) electrons. The highest BCUT2D eigenvalue weighted by molar-refractivity contribution is 5.94. The van der Waals surface area contributed by atoms with E-state index < -0.39 is 27.2 Å². The number of anilines is 2. The molecule has 0 bridgehead atoms. The fourth-order valence-corrected chi connectivity index (χ4v) is 2.04. The van der Waals surface area contributed by atoms with E-state index in [0.717, 1.165) is 24.8 Å². The van der Waals surface area contributed by atoms with Gasteiger partial charge in [-0.15, -0.1) is 0 Å². The second-order valence-corrected chi connectivity index (χ2v) is 4.89. The predicted octanol–water partition coefficient (Wildman–Crippen LogP) is 3.34. The van der Waals surface area contributed by atoms with Crippen molar-refractivity contribution in [1.82, 2.24) is 0 Å². The van der Waals surface area contributed by atoms with Crippen LogP contribution in [0.15, 0.2) is 36.4 Å². The summed E-state index contributed by atoms with van der Waals surface area (Å²) in [6.45, 7) is 1.86. The Morgan fingerprint density at radius 2 is 1.54 bits per heavy atom. The maximum absolute atomic E-state index is 11.6. The Labute approximate surface area is 136 Å².